The minimum atomic E-state index is -0.0268. The van der Waals surface area contributed by atoms with Gasteiger partial charge in [0.25, 0.3) is 0 Å². The van der Waals surface area contributed by atoms with Crippen molar-refractivity contribution in [1.29, 1.82) is 0 Å². The molecule has 0 aliphatic carbocycles. The first-order valence-corrected chi connectivity index (χ1v) is 3.99. The fourth-order valence-corrected chi connectivity index (χ4v) is 0.889. The smallest absolute Gasteiger partial charge is 0.217 e. The molecule has 0 bridgehead atoms. The zero-order valence-corrected chi connectivity index (χ0v) is 7.37. The highest BCUT2D eigenvalue weighted by molar-refractivity contribution is 5.72. The molecule has 0 atom stereocenters. The number of amides is 1. The predicted molar refractivity (Wildman–Crippen MR) is 45.4 cm³/mol. The van der Waals surface area contributed by atoms with Gasteiger partial charge in [0.2, 0.25) is 5.91 Å². The van der Waals surface area contributed by atoms with Crippen molar-refractivity contribution in [2.24, 2.45) is 0 Å². The summed E-state index contributed by atoms with van der Waals surface area (Å²) in [5.41, 5.74) is 0.895. The van der Waals surface area contributed by atoms with Gasteiger partial charge in [-0.15, -0.1) is 0 Å². The lowest BCUT2D eigenvalue weighted by atomic mass is 10.4. The Morgan fingerprint density at radius 1 is 1.75 bits per heavy atom. The molecule has 66 valence electrons. The van der Waals surface area contributed by atoms with Crippen LogP contribution in [0.3, 0.4) is 0 Å². The lowest BCUT2D eigenvalue weighted by Crippen LogP contribution is -2.19. The van der Waals surface area contributed by atoms with Crippen molar-refractivity contribution < 1.29 is 4.79 Å². The van der Waals surface area contributed by atoms with Gasteiger partial charge >= 0.3 is 0 Å². The second-order valence-corrected chi connectivity index (χ2v) is 2.57. The largest absolute Gasteiger partial charge is 0.351 e. The fourth-order valence-electron chi connectivity index (χ4n) is 0.889. The van der Waals surface area contributed by atoms with E-state index in [0.29, 0.717) is 6.54 Å². The van der Waals surface area contributed by atoms with Crippen molar-refractivity contribution in [3.8, 4) is 0 Å². The van der Waals surface area contributed by atoms with E-state index in [1.165, 1.54) is 6.92 Å². The molecule has 1 amide bonds. The standard InChI is InChI=1S/C8H13N3O/c1-3-11-5-4-8(10-11)6-9-7(2)12/h4-5H,3,6H2,1-2H3,(H,9,12). The van der Waals surface area contributed by atoms with Gasteiger partial charge in [0, 0.05) is 19.7 Å². The first kappa shape index (κ1) is 8.77. The van der Waals surface area contributed by atoms with E-state index in [1.807, 2.05) is 23.9 Å². The first-order valence-electron chi connectivity index (χ1n) is 3.99. The second-order valence-electron chi connectivity index (χ2n) is 2.57. The van der Waals surface area contributed by atoms with E-state index < -0.39 is 0 Å². The number of nitrogens with zero attached hydrogens (tertiary/aromatic N) is 2. The maximum Gasteiger partial charge on any atom is 0.217 e. The molecule has 0 aromatic carbocycles. The first-order chi connectivity index (χ1) is 5.72. The maximum atomic E-state index is 10.5. The van der Waals surface area contributed by atoms with Crippen LogP contribution >= 0.6 is 0 Å². The lowest BCUT2D eigenvalue weighted by Gasteiger charge is -1.97. The summed E-state index contributed by atoms with van der Waals surface area (Å²) in [6.45, 7) is 4.90. The Balaban J connectivity index is 2.47. The van der Waals surface area contributed by atoms with Crippen molar-refractivity contribution in [3.05, 3.63) is 18.0 Å². The highest BCUT2D eigenvalue weighted by Crippen LogP contribution is 1.94. The molecule has 1 heterocycles. The zero-order chi connectivity index (χ0) is 8.97. The van der Waals surface area contributed by atoms with E-state index in [4.69, 9.17) is 0 Å². The molecule has 4 nitrogen and oxygen atoms in total. The summed E-state index contributed by atoms with van der Waals surface area (Å²) in [6, 6.07) is 1.90. The maximum absolute atomic E-state index is 10.5. The Morgan fingerprint density at radius 2 is 2.50 bits per heavy atom. The van der Waals surface area contributed by atoms with Crippen molar-refractivity contribution in [2.75, 3.05) is 0 Å². The molecule has 0 saturated carbocycles. The van der Waals surface area contributed by atoms with E-state index in [-0.39, 0.29) is 5.91 Å². The van der Waals surface area contributed by atoms with Gasteiger partial charge in [0.15, 0.2) is 0 Å². The van der Waals surface area contributed by atoms with Gasteiger partial charge in [0.1, 0.15) is 0 Å². The van der Waals surface area contributed by atoms with Crippen LogP contribution in [0.15, 0.2) is 12.3 Å². The van der Waals surface area contributed by atoms with Crippen LogP contribution in [0.4, 0.5) is 0 Å². The summed E-state index contributed by atoms with van der Waals surface area (Å²) in [5.74, 6) is -0.0268. The molecule has 1 aromatic heterocycles. The molecule has 0 fully saturated rings. The molecule has 12 heavy (non-hydrogen) atoms. The van der Waals surface area contributed by atoms with Crippen molar-refractivity contribution >= 4 is 5.91 Å². The van der Waals surface area contributed by atoms with Crippen LogP contribution in [-0.2, 0) is 17.9 Å². The van der Waals surface area contributed by atoms with Crippen molar-refractivity contribution in [2.45, 2.75) is 26.9 Å². The number of nitrogens with one attached hydrogen (secondary N) is 1. The quantitative estimate of drug-likeness (QED) is 0.714. The molecular formula is C8H13N3O. The van der Waals surface area contributed by atoms with Crippen LogP contribution in [0.1, 0.15) is 19.5 Å². The average molecular weight is 167 g/mol. The summed E-state index contributed by atoms with van der Waals surface area (Å²) in [7, 11) is 0. The zero-order valence-electron chi connectivity index (χ0n) is 7.37. The van der Waals surface area contributed by atoms with Crippen molar-refractivity contribution in [1.82, 2.24) is 15.1 Å². The van der Waals surface area contributed by atoms with Crippen LogP contribution in [0.5, 0.6) is 0 Å². The molecule has 4 heteroatoms. The molecule has 1 rings (SSSR count). The molecule has 0 radical (unpaired) electrons. The van der Waals surface area contributed by atoms with Gasteiger partial charge < -0.3 is 5.32 Å². The normalized spacial score (nSPS) is 9.83. The minimum Gasteiger partial charge on any atom is -0.351 e. The summed E-state index contributed by atoms with van der Waals surface area (Å²) in [4.78, 5) is 10.5. The van der Waals surface area contributed by atoms with Gasteiger partial charge in [-0.05, 0) is 13.0 Å². The summed E-state index contributed by atoms with van der Waals surface area (Å²) in [5, 5.41) is 6.89. The number of carbonyl (C=O) groups is 1. The summed E-state index contributed by atoms with van der Waals surface area (Å²) in [6.07, 6.45) is 1.90. The van der Waals surface area contributed by atoms with Gasteiger partial charge in [0.05, 0.1) is 12.2 Å². The fraction of sp³-hybridized carbons (Fsp3) is 0.500. The van der Waals surface area contributed by atoms with Crippen LogP contribution in [0, 0.1) is 0 Å². The van der Waals surface area contributed by atoms with Gasteiger partial charge in [-0.2, -0.15) is 5.10 Å². The number of carbonyl (C=O) groups excluding carboxylic acids is 1. The number of hydrogen-bond donors (Lipinski definition) is 1. The van der Waals surface area contributed by atoms with Crippen molar-refractivity contribution in [3.63, 3.8) is 0 Å². The predicted octanol–water partition coefficient (Wildman–Crippen LogP) is 0.539. The van der Waals surface area contributed by atoms with Crippen LogP contribution < -0.4 is 5.32 Å². The Hall–Kier alpha value is -1.32. The van der Waals surface area contributed by atoms with Crippen LogP contribution in [0.25, 0.3) is 0 Å². The van der Waals surface area contributed by atoms with Crippen LogP contribution in [0.2, 0.25) is 0 Å². The topological polar surface area (TPSA) is 46.9 Å². The highest BCUT2D eigenvalue weighted by atomic mass is 16.1. The third kappa shape index (κ3) is 2.38. The number of rotatable bonds is 3. The van der Waals surface area contributed by atoms with E-state index in [9.17, 15) is 4.79 Å². The van der Waals surface area contributed by atoms with E-state index >= 15 is 0 Å². The third-order valence-corrected chi connectivity index (χ3v) is 1.54. The molecule has 0 spiro atoms. The monoisotopic (exact) mass is 167 g/mol. The molecule has 0 unspecified atom stereocenters. The van der Waals surface area contributed by atoms with Gasteiger partial charge in [-0.25, -0.2) is 0 Å². The Labute approximate surface area is 71.6 Å². The molecule has 1 N–H and O–H groups in total. The van der Waals surface area contributed by atoms with Gasteiger partial charge in [-0.1, -0.05) is 0 Å². The number of aromatic nitrogens is 2. The molecular weight excluding hydrogens is 154 g/mol. The lowest BCUT2D eigenvalue weighted by molar-refractivity contribution is -0.119. The Kier molecular flexibility index (Phi) is 2.85. The Morgan fingerprint density at radius 3 is 3.00 bits per heavy atom. The molecule has 0 aliphatic heterocycles. The molecule has 0 saturated heterocycles. The second kappa shape index (κ2) is 3.90. The minimum absolute atomic E-state index is 0.0268. The molecule has 0 aliphatic rings. The van der Waals surface area contributed by atoms with E-state index in [0.717, 1.165) is 12.2 Å². The average Bonchev–Trinajstić information content (AvgIpc) is 2.48. The third-order valence-electron chi connectivity index (χ3n) is 1.54. The highest BCUT2D eigenvalue weighted by Gasteiger charge is 1.97. The van der Waals surface area contributed by atoms with E-state index in [1.54, 1.807) is 0 Å². The SMILES string of the molecule is CCn1ccc(CNC(C)=O)n1. The summed E-state index contributed by atoms with van der Waals surface area (Å²) < 4.78 is 1.83. The van der Waals surface area contributed by atoms with Gasteiger partial charge in [-0.3, -0.25) is 9.48 Å². The number of hydrogen-bond acceptors (Lipinski definition) is 2. The number of aryl methyl sites for hydroxylation is 1. The molecule has 1 aromatic rings. The summed E-state index contributed by atoms with van der Waals surface area (Å²) >= 11 is 0. The Bertz CT molecular complexity index is 267. The van der Waals surface area contributed by atoms with E-state index in [2.05, 4.69) is 10.4 Å². The van der Waals surface area contributed by atoms with Crippen LogP contribution in [-0.4, -0.2) is 15.7 Å².